The maximum absolute atomic E-state index is 4.19. The van der Waals surface area contributed by atoms with Crippen molar-refractivity contribution in [2.24, 2.45) is 0 Å². The van der Waals surface area contributed by atoms with Crippen LogP contribution >= 0.6 is 23.1 Å². The second-order valence-corrected chi connectivity index (χ2v) is 4.99. The van der Waals surface area contributed by atoms with E-state index < -0.39 is 0 Å². The molecule has 12 heavy (non-hydrogen) atoms. The van der Waals surface area contributed by atoms with Crippen LogP contribution in [-0.4, -0.2) is 23.3 Å². The first kappa shape index (κ1) is 10.0. The first-order valence-electron chi connectivity index (χ1n) is 4.04. The fraction of sp³-hybridized carbons (Fsp3) is 0.625. The Kier molecular flexibility index (Phi) is 4.65. The molecule has 0 fully saturated rings. The minimum atomic E-state index is 0.585. The summed E-state index contributed by atoms with van der Waals surface area (Å²) in [4.78, 5) is 4.19. The highest BCUT2D eigenvalue weighted by molar-refractivity contribution is 8.01. The number of hydrogen-bond donors (Lipinski definition) is 1. The molecule has 0 atom stereocenters. The standard InChI is InChI=1S/C8H14N2S2/c1-7(2)9-3-5-11-8-10-4-6-12-8/h4,6-7,9H,3,5H2,1-2H3. The average Bonchev–Trinajstić information content (AvgIpc) is 2.49. The van der Waals surface area contributed by atoms with E-state index in [-0.39, 0.29) is 0 Å². The lowest BCUT2D eigenvalue weighted by Crippen LogP contribution is -2.24. The molecule has 0 spiro atoms. The molecule has 1 aromatic rings. The lowest BCUT2D eigenvalue weighted by atomic mass is 10.4. The second-order valence-electron chi connectivity index (χ2n) is 2.76. The molecule has 0 radical (unpaired) electrons. The fourth-order valence-electron chi connectivity index (χ4n) is 0.768. The highest BCUT2D eigenvalue weighted by Crippen LogP contribution is 2.18. The van der Waals surface area contributed by atoms with E-state index in [1.165, 1.54) is 4.34 Å². The lowest BCUT2D eigenvalue weighted by molar-refractivity contribution is 0.616. The topological polar surface area (TPSA) is 24.9 Å². The van der Waals surface area contributed by atoms with E-state index in [0.29, 0.717) is 6.04 Å². The van der Waals surface area contributed by atoms with Crippen molar-refractivity contribution in [3.05, 3.63) is 11.6 Å². The van der Waals surface area contributed by atoms with E-state index in [1.54, 1.807) is 11.3 Å². The maximum Gasteiger partial charge on any atom is 0.149 e. The Labute approximate surface area is 81.8 Å². The van der Waals surface area contributed by atoms with Crippen LogP contribution < -0.4 is 5.32 Å². The van der Waals surface area contributed by atoms with Gasteiger partial charge in [-0.2, -0.15) is 0 Å². The normalized spacial score (nSPS) is 10.9. The number of thiazole rings is 1. The van der Waals surface area contributed by atoms with Crippen LogP contribution in [0.3, 0.4) is 0 Å². The largest absolute Gasteiger partial charge is 0.314 e. The van der Waals surface area contributed by atoms with Crippen molar-refractivity contribution < 1.29 is 0 Å². The Balaban J connectivity index is 2.04. The minimum absolute atomic E-state index is 0.585. The molecule has 1 heterocycles. The molecule has 4 heteroatoms. The summed E-state index contributed by atoms with van der Waals surface area (Å²) < 4.78 is 1.17. The van der Waals surface area contributed by atoms with Crippen molar-refractivity contribution in [2.75, 3.05) is 12.3 Å². The smallest absolute Gasteiger partial charge is 0.149 e. The van der Waals surface area contributed by atoms with Crippen molar-refractivity contribution >= 4 is 23.1 Å². The first-order valence-corrected chi connectivity index (χ1v) is 5.91. The van der Waals surface area contributed by atoms with Gasteiger partial charge in [0.1, 0.15) is 4.34 Å². The Bertz CT molecular complexity index is 197. The molecule has 1 rings (SSSR count). The van der Waals surface area contributed by atoms with Crippen LogP contribution in [-0.2, 0) is 0 Å². The van der Waals surface area contributed by atoms with Crippen molar-refractivity contribution in [2.45, 2.75) is 24.2 Å². The molecule has 0 saturated heterocycles. The zero-order valence-electron chi connectivity index (χ0n) is 7.41. The predicted molar refractivity (Wildman–Crippen MR) is 56.0 cm³/mol. The third-order valence-electron chi connectivity index (χ3n) is 1.29. The summed E-state index contributed by atoms with van der Waals surface area (Å²) in [6.45, 7) is 5.38. The van der Waals surface area contributed by atoms with Gasteiger partial charge in [0.15, 0.2) is 0 Å². The summed E-state index contributed by atoms with van der Waals surface area (Å²) in [5.74, 6) is 1.10. The van der Waals surface area contributed by atoms with Crippen molar-refractivity contribution in [3.63, 3.8) is 0 Å². The van der Waals surface area contributed by atoms with Crippen molar-refractivity contribution in [1.82, 2.24) is 10.3 Å². The van der Waals surface area contributed by atoms with Gasteiger partial charge in [-0.05, 0) is 0 Å². The maximum atomic E-state index is 4.19. The van der Waals surface area contributed by atoms with Crippen molar-refractivity contribution in [1.29, 1.82) is 0 Å². The quantitative estimate of drug-likeness (QED) is 0.585. The van der Waals surface area contributed by atoms with Gasteiger partial charge in [0.2, 0.25) is 0 Å². The molecule has 0 saturated carbocycles. The predicted octanol–water partition coefficient (Wildman–Crippen LogP) is 2.23. The van der Waals surface area contributed by atoms with Gasteiger partial charge in [-0.15, -0.1) is 11.3 Å². The lowest BCUT2D eigenvalue weighted by Gasteiger charge is -2.05. The molecule has 2 nitrogen and oxygen atoms in total. The molecule has 0 aliphatic carbocycles. The highest BCUT2D eigenvalue weighted by Gasteiger charge is 1.96. The summed E-state index contributed by atoms with van der Waals surface area (Å²) in [6.07, 6.45) is 1.85. The summed E-state index contributed by atoms with van der Waals surface area (Å²) in [7, 11) is 0. The van der Waals surface area contributed by atoms with Gasteiger partial charge >= 0.3 is 0 Å². The Hall–Kier alpha value is -0.0600. The zero-order chi connectivity index (χ0) is 8.81. The van der Waals surface area contributed by atoms with E-state index in [2.05, 4.69) is 24.1 Å². The van der Waals surface area contributed by atoms with Crippen LogP contribution in [0.15, 0.2) is 15.9 Å². The van der Waals surface area contributed by atoms with E-state index in [0.717, 1.165) is 12.3 Å². The number of rotatable bonds is 5. The molecular formula is C8H14N2S2. The van der Waals surface area contributed by atoms with Crippen LogP contribution in [0.25, 0.3) is 0 Å². The Morgan fingerprint density at radius 3 is 3.08 bits per heavy atom. The minimum Gasteiger partial charge on any atom is -0.314 e. The van der Waals surface area contributed by atoms with Gasteiger partial charge in [0.25, 0.3) is 0 Å². The Morgan fingerprint density at radius 1 is 1.67 bits per heavy atom. The average molecular weight is 202 g/mol. The van der Waals surface area contributed by atoms with Crippen LogP contribution in [0, 0.1) is 0 Å². The molecule has 0 aliphatic heterocycles. The van der Waals surface area contributed by atoms with E-state index in [1.807, 2.05) is 23.3 Å². The Morgan fingerprint density at radius 2 is 2.50 bits per heavy atom. The number of nitrogens with one attached hydrogen (secondary N) is 1. The number of aromatic nitrogens is 1. The molecule has 0 aliphatic rings. The van der Waals surface area contributed by atoms with Gasteiger partial charge in [-0.3, -0.25) is 0 Å². The van der Waals surface area contributed by atoms with Gasteiger partial charge < -0.3 is 5.32 Å². The molecule has 1 aromatic heterocycles. The number of nitrogens with zero attached hydrogens (tertiary/aromatic N) is 1. The van der Waals surface area contributed by atoms with Crippen LogP contribution in [0.5, 0.6) is 0 Å². The van der Waals surface area contributed by atoms with Gasteiger partial charge in [-0.1, -0.05) is 25.6 Å². The summed E-state index contributed by atoms with van der Waals surface area (Å²) in [6, 6.07) is 0.585. The van der Waals surface area contributed by atoms with Gasteiger partial charge in [0, 0.05) is 29.9 Å². The third kappa shape index (κ3) is 4.09. The zero-order valence-corrected chi connectivity index (χ0v) is 9.04. The van der Waals surface area contributed by atoms with E-state index >= 15 is 0 Å². The monoisotopic (exact) mass is 202 g/mol. The summed E-state index contributed by atoms with van der Waals surface area (Å²) in [5.41, 5.74) is 0. The van der Waals surface area contributed by atoms with Crippen LogP contribution in [0.4, 0.5) is 0 Å². The van der Waals surface area contributed by atoms with Gasteiger partial charge in [-0.25, -0.2) is 4.98 Å². The van der Waals surface area contributed by atoms with Crippen LogP contribution in [0.1, 0.15) is 13.8 Å². The summed E-state index contributed by atoms with van der Waals surface area (Å²) >= 11 is 3.52. The number of thioether (sulfide) groups is 1. The van der Waals surface area contributed by atoms with Crippen molar-refractivity contribution in [3.8, 4) is 0 Å². The highest BCUT2D eigenvalue weighted by atomic mass is 32.2. The molecule has 1 N–H and O–H groups in total. The molecule has 0 amide bonds. The van der Waals surface area contributed by atoms with E-state index in [9.17, 15) is 0 Å². The second kappa shape index (κ2) is 5.56. The molecule has 68 valence electrons. The third-order valence-corrected chi connectivity index (χ3v) is 3.26. The molecule has 0 aromatic carbocycles. The first-order chi connectivity index (χ1) is 5.79. The fourth-order valence-corrected chi connectivity index (χ4v) is 2.35. The van der Waals surface area contributed by atoms with Gasteiger partial charge in [0.05, 0.1) is 0 Å². The SMILES string of the molecule is CC(C)NCCSc1nccs1. The van der Waals surface area contributed by atoms with Crippen LogP contribution in [0.2, 0.25) is 0 Å². The molecule has 0 unspecified atom stereocenters. The molecule has 0 bridgehead atoms. The molecular weight excluding hydrogens is 188 g/mol. The summed E-state index contributed by atoms with van der Waals surface area (Å²) in [5, 5.41) is 5.38. The number of hydrogen-bond acceptors (Lipinski definition) is 4. The van der Waals surface area contributed by atoms with E-state index in [4.69, 9.17) is 0 Å².